The van der Waals surface area contributed by atoms with Crippen molar-refractivity contribution in [3.05, 3.63) is 16.0 Å². The van der Waals surface area contributed by atoms with Gasteiger partial charge in [0.05, 0.1) is 25.9 Å². The number of esters is 2. The lowest BCUT2D eigenvalue weighted by molar-refractivity contribution is 0.0527. The molecule has 0 radical (unpaired) electrons. The Balaban J connectivity index is 3.26. The third kappa shape index (κ3) is 4.15. The first kappa shape index (κ1) is 17.4. The third-order valence-electron chi connectivity index (χ3n) is 2.49. The predicted molar refractivity (Wildman–Crippen MR) is 84.2 cm³/mol. The normalized spacial score (nSPS) is 9.90. The molecular weight excluding hydrogens is 314 g/mol. The van der Waals surface area contributed by atoms with Crippen LogP contribution >= 0.6 is 23.6 Å². The van der Waals surface area contributed by atoms with Gasteiger partial charge in [0, 0.05) is 0 Å². The standard InChI is InChI=1S/C13H17NO5S2/c1-5-18-11(15)8-7(3)9(12(16)19-6-2)21-10(8)14-13(20)17-4/h5-6H2,1-4H3,(H,14,20). The fourth-order valence-electron chi connectivity index (χ4n) is 1.59. The molecule has 1 aromatic heterocycles. The summed E-state index contributed by atoms with van der Waals surface area (Å²) in [6.45, 7) is 5.57. The highest BCUT2D eigenvalue weighted by atomic mass is 32.1. The van der Waals surface area contributed by atoms with Crippen LogP contribution in [0.15, 0.2) is 0 Å². The van der Waals surface area contributed by atoms with Crippen LogP contribution in [0.1, 0.15) is 39.4 Å². The molecule has 1 aromatic rings. The van der Waals surface area contributed by atoms with Gasteiger partial charge in [-0.05, 0) is 38.6 Å². The van der Waals surface area contributed by atoms with Crippen LogP contribution in [-0.4, -0.2) is 37.4 Å². The first-order valence-corrected chi connectivity index (χ1v) is 7.51. The largest absolute Gasteiger partial charge is 0.474 e. The fraction of sp³-hybridized carbons (Fsp3) is 0.462. The lowest BCUT2D eigenvalue weighted by Crippen LogP contribution is -2.14. The van der Waals surface area contributed by atoms with Gasteiger partial charge >= 0.3 is 11.9 Å². The molecule has 0 spiro atoms. The van der Waals surface area contributed by atoms with Crippen molar-refractivity contribution in [2.75, 3.05) is 25.6 Å². The number of methoxy groups -OCH3 is 1. The highest BCUT2D eigenvalue weighted by molar-refractivity contribution is 7.80. The summed E-state index contributed by atoms with van der Waals surface area (Å²) in [5.74, 6) is -1.01. The van der Waals surface area contributed by atoms with Crippen molar-refractivity contribution >= 4 is 45.7 Å². The van der Waals surface area contributed by atoms with E-state index in [0.717, 1.165) is 11.3 Å². The zero-order valence-corrected chi connectivity index (χ0v) is 13.9. The van der Waals surface area contributed by atoms with Crippen LogP contribution in [0.25, 0.3) is 0 Å². The van der Waals surface area contributed by atoms with Crippen molar-refractivity contribution in [2.24, 2.45) is 0 Å². The Bertz CT molecular complexity index is 553. The van der Waals surface area contributed by atoms with E-state index < -0.39 is 11.9 Å². The van der Waals surface area contributed by atoms with Gasteiger partial charge in [-0.1, -0.05) is 0 Å². The Morgan fingerprint density at radius 1 is 1.19 bits per heavy atom. The smallest absolute Gasteiger partial charge is 0.348 e. The summed E-state index contributed by atoms with van der Waals surface area (Å²) in [5, 5.41) is 3.28. The molecule has 116 valence electrons. The van der Waals surface area contributed by atoms with Gasteiger partial charge in [0.2, 0.25) is 0 Å². The van der Waals surface area contributed by atoms with Crippen LogP contribution in [0.2, 0.25) is 0 Å². The summed E-state index contributed by atoms with van der Waals surface area (Å²) < 4.78 is 14.8. The minimum Gasteiger partial charge on any atom is -0.474 e. The van der Waals surface area contributed by atoms with Gasteiger partial charge in [-0.15, -0.1) is 11.3 Å². The number of hydrogen-bond donors (Lipinski definition) is 1. The lowest BCUT2D eigenvalue weighted by Gasteiger charge is -2.07. The molecule has 0 aliphatic carbocycles. The first-order valence-electron chi connectivity index (χ1n) is 6.28. The van der Waals surface area contributed by atoms with Gasteiger partial charge in [-0.3, -0.25) is 0 Å². The highest BCUT2D eigenvalue weighted by Crippen LogP contribution is 2.34. The zero-order valence-electron chi connectivity index (χ0n) is 12.3. The molecule has 1 N–H and O–H groups in total. The average molecular weight is 331 g/mol. The minimum absolute atomic E-state index is 0.0946. The number of hydrogen-bond acceptors (Lipinski definition) is 7. The maximum atomic E-state index is 12.1. The Hall–Kier alpha value is -1.67. The highest BCUT2D eigenvalue weighted by Gasteiger charge is 2.26. The van der Waals surface area contributed by atoms with Crippen molar-refractivity contribution in [3.63, 3.8) is 0 Å². The van der Waals surface area contributed by atoms with E-state index in [1.165, 1.54) is 7.11 Å². The summed E-state index contributed by atoms with van der Waals surface area (Å²) in [6.07, 6.45) is 0. The Morgan fingerprint density at radius 3 is 2.29 bits per heavy atom. The molecule has 0 saturated carbocycles. The van der Waals surface area contributed by atoms with Gasteiger partial charge in [0.25, 0.3) is 5.17 Å². The van der Waals surface area contributed by atoms with Crippen LogP contribution in [0.4, 0.5) is 5.00 Å². The fourth-order valence-corrected chi connectivity index (χ4v) is 2.84. The number of rotatable bonds is 5. The average Bonchev–Trinajstić information content (AvgIpc) is 2.76. The summed E-state index contributed by atoms with van der Waals surface area (Å²) in [4.78, 5) is 24.3. The quantitative estimate of drug-likeness (QED) is 0.657. The van der Waals surface area contributed by atoms with E-state index in [4.69, 9.17) is 26.4 Å². The zero-order chi connectivity index (χ0) is 16.0. The predicted octanol–water partition coefficient (Wildman–Crippen LogP) is 2.75. The molecule has 0 saturated heterocycles. The number of nitrogens with one attached hydrogen (secondary N) is 1. The minimum atomic E-state index is -0.525. The summed E-state index contributed by atoms with van der Waals surface area (Å²) in [6, 6.07) is 0. The monoisotopic (exact) mass is 331 g/mol. The number of thiophene rings is 1. The molecule has 1 heterocycles. The van der Waals surface area contributed by atoms with Crippen molar-refractivity contribution in [2.45, 2.75) is 20.8 Å². The number of anilines is 1. The van der Waals surface area contributed by atoms with E-state index >= 15 is 0 Å². The SMILES string of the molecule is CCOC(=O)c1sc(NC(=S)OC)c(C(=O)OCC)c1C. The molecular formula is C13H17NO5S2. The molecule has 1 rings (SSSR count). The molecule has 8 heteroatoms. The molecule has 21 heavy (non-hydrogen) atoms. The molecule has 0 fully saturated rings. The Morgan fingerprint density at radius 2 is 1.76 bits per heavy atom. The van der Waals surface area contributed by atoms with Crippen LogP contribution in [-0.2, 0) is 14.2 Å². The van der Waals surface area contributed by atoms with Gasteiger partial charge in [-0.2, -0.15) is 0 Å². The second-order valence-corrected chi connectivity index (χ2v) is 5.21. The number of carbonyl (C=O) groups excluding carboxylic acids is 2. The van der Waals surface area contributed by atoms with Gasteiger partial charge in [0.1, 0.15) is 9.88 Å². The second kappa shape index (κ2) is 7.94. The maximum Gasteiger partial charge on any atom is 0.348 e. The van der Waals surface area contributed by atoms with Crippen molar-refractivity contribution in [1.82, 2.24) is 0 Å². The van der Waals surface area contributed by atoms with Crippen molar-refractivity contribution in [3.8, 4) is 0 Å². The molecule has 0 atom stereocenters. The van der Waals surface area contributed by atoms with E-state index in [0.29, 0.717) is 15.4 Å². The lowest BCUT2D eigenvalue weighted by atomic mass is 10.1. The molecule has 0 unspecified atom stereocenters. The van der Waals surface area contributed by atoms with E-state index in [9.17, 15) is 9.59 Å². The Kier molecular flexibility index (Phi) is 6.57. The topological polar surface area (TPSA) is 73.9 Å². The van der Waals surface area contributed by atoms with Gasteiger partial charge in [0.15, 0.2) is 0 Å². The van der Waals surface area contributed by atoms with E-state index in [1.807, 2.05) is 0 Å². The molecule has 0 aliphatic rings. The molecule has 0 bridgehead atoms. The van der Waals surface area contributed by atoms with Crippen LogP contribution < -0.4 is 5.32 Å². The van der Waals surface area contributed by atoms with Crippen molar-refractivity contribution < 1.29 is 23.8 Å². The number of thiocarbonyl (C=S) groups is 1. The maximum absolute atomic E-state index is 12.1. The van der Waals surface area contributed by atoms with Crippen LogP contribution in [0.3, 0.4) is 0 Å². The molecule has 6 nitrogen and oxygen atoms in total. The Labute approximate surface area is 132 Å². The van der Waals surface area contributed by atoms with Crippen LogP contribution in [0.5, 0.6) is 0 Å². The molecule has 0 aromatic carbocycles. The van der Waals surface area contributed by atoms with E-state index in [-0.39, 0.29) is 24.0 Å². The van der Waals surface area contributed by atoms with Crippen LogP contribution in [0, 0.1) is 6.92 Å². The van der Waals surface area contributed by atoms with E-state index in [1.54, 1.807) is 20.8 Å². The summed E-state index contributed by atoms with van der Waals surface area (Å²) in [7, 11) is 1.41. The van der Waals surface area contributed by atoms with E-state index in [2.05, 4.69) is 5.32 Å². The van der Waals surface area contributed by atoms with Crippen molar-refractivity contribution in [1.29, 1.82) is 0 Å². The van der Waals surface area contributed by atoms with Gasteiger partial charge < -0.3 is 19.5 Å². The molecule has 0 amide bonds. The first-order chi connectivity index (χ1) is 9.96. The number of ether oxygens (including phenoxy) is 3. The van der Waals surface area contributed by atoms with Gasteiger partial charge in [-0.25, -0.2) is 9.59 Å². The number of carbonyl (C=O) groups is 2. The third-order valence-corrected chi connectivity index (χ3v) is 3.94. The summed E-state index contributed by atoms with van der Waals surface area (Å²) >= 11 is 6.00. The second-order valence-electron chi connectivity index (χ2n) is 3.82. The molecule has 0 aliphatic heterocycles. The summed E-state index contributed by atoms with van der Waals surface area (Å²) in [5.41, 5.74) is 0.766.